The Kier molecular flexibility index (Phi) is 6.75. The zero-order valence-corrected chi connectivity index (χ0v) is 9.93. The van der Waals surface area contributed by atoms with Crippen LogP contribution in [-0.4, -0.2) is 18.0 Å². The fraction of sp³-hybridized carbons (Fsp3) is 0.833. The van der Waals surface area contributed by atoms with Crippen molar-refractivity contribution in [3.63, 3.8) is 0 Å². The van der Waals surface area contributed by atoms with Gasteiger partial charge in [-0.25, -0.2) is 0 Å². The highest BCUT2D eigenvalue weighted by Crippen LogP contribution is 2.09. The summed E-state index contributed by atoms with van der Waals surface area (Å²) in [6, 6.07) is 0.663. The van der Waals surface area contributed by atoms with Gasteiger partial charge in [0, 0.05) is 13.1 Å². The minimum absolute atomic E-state index is 0.663. The van der Waals surface area contributed by atoms with Crippen LogP contribution in [0.3, 0.4) is 0 Å². The summed E-state index contributed by atoms with van der Waals surface area (Å²) in [5.41, 5.74) is 1.50. The molecule has 1 atom stereocenters. The van der Waals surface area contributed by atoms with Crippen molar-refractivity contribution >= 4 is 0 Å². The maximum absolute atomic E-state index is 2.32. The van der Waals surface area contributed by atoms with E-state index in [-0.39, 0.29) is 0 Å². The zero-order chi connectivity index (χ0) is 10.3. The maximum atomic E-state index is 2.32. The van der Waals surface area contributed by atoms with Crippen molar-refractivity contribution in [1.82, 2.24) is 4.90 Å². The second kappa shape index (κ2) is 6.99. The summed E-state index contributed by atoms with van der Waals surface area (Å²) in [5, 5.41) is 0. The highest BCUT2D eigenvalue weighted by atomic mass is 15.1. The van der Waals surface area contributed by atoms with E-state index in [9.17, 15) is 0 Å². The first-order chi connectivity index (χ1) is 6.11. The molecule has 1 nitrogen and oxygen atoms in total. The maximum Gasteiger partial charge on any atom is 0.0250 e. The Balaban J connectivity index is 3.90. The van der Waals surface area contributed by atoms with Gasteiger partial charge in [-0.05, 0) is 39.3 Å². The van der Waals surface area contributed by atoms with Crippen molar-refractivity contribution in [1.29, 1.82) is 0 Å². The summed E-state index contributed by atoms with van der Waals surface area (Å²) < 4.78 is 0. The van der Waals surface area contributed by atoms with Crippen LogP contribution >= 0.6 is 0 Å². The van der Waals surface area contributed by atoms with Crippen LogP contribution in [-0.2, 0) is 0 Å². The lowest BCUT2D eigenvalue weighted by molar-refractivity contribution is 0.340. The third-order valence-corrected chi connectivity index (χ3v) is 2.63. The first-order valence-electron chi connectivity index (χ1n) is 5.51. The molecule has 78 valence electrons. The van der Waals surface area contributed by atoms with E-state index >= 15 is 0 Å². The normalized spacial score (nSPS) is 14.4. The summed E-state index contributed by atoms with van der Waals surface area (Å²) in [6.07, 6.45) is 7.37. The summed E-state index contributed by atoms with van der Waals surface area (Å²) in [5.74, 6) is 0. The minimum atomic E-state index is 0.663. The number of rotatable bonds is 6. The standard InChI is InChI=1S/C12H25N/c1-6-8-9-11(3)10-13(5)12(4)7-2/h10,12H,6-9H2,1-5H3. The number of nitrogens with zero attached hydrogens (tertiary/aromatic N) is 1. The van der Waals surface area contributed by atoms with E-state index in [0.29, 0.717) is 6.04 Å². The fourth-order valence-corrected chi connectivity index (χ4v) is 1.28. The molecule has 0 aliphatic heterocycles. The van der Waals surface area contributed by atoms with Crippen molar-refractivity contribution < 1.29 is 0 Å². The highest BCUT2D eigenvalue weighted by Gasteiger charge is 2.01. The fourth-order valence-electron chi connectivity index (χ4n) is 1.28. The van der Waals surface area contributed by atoms with E-state index in [1.807, 2.05) is 0 Å². The van der Waals surface area contributed by atoms with Crippen LogP contribution in [0.4, 0.5) is 0 Å². The summed E-state index contributed by atoms with van der Waals surface area (Å²) in [4.78, 5) is 2.32. The van der Waals surface area contributed by atoms with Crippen LogP contribution in [0.15, 0.2) is 11.8 Å². The van der Waals surface area contributed by atoms with E-state index in [1.54, 1.807) is 0 Å². The van der Waals surface area contributed by atoms with Crippen molar-refractivity contribution in [3.05, 3.63) is 11.8 Å². The van der Waals surface area contributed by atoms with E-state index in [0.717, 1.165) is 0 Å². The van der Waals surface area contributed by atoms with Gasteiger partial charge in [0.25, 0.3) is 0 Å². The van der Waals surface area contributed by atoms with Gasteiger partial charge in [0.15, 0.2) is 0 Å². The van der Waals surface area contributed by atoms with Gasteiger partial charge >= 0.3 is 0 Å². The van der Waals surface area contributed by atoms with Gasteiger partial charge in [0.2, 0.25) is 0 Å². The number of hydrogen-bond donors (Lipinski definition) is 0. The third-order valence-electron chi connectivity index (χ3n) is 2.63. The van der Waals surface area contributed by atoms with Gasteiger partial charge in [-0.15, -0.1) is 0 Å². The molecule has 0 saturated carbocycles. The van der Waals surface area contributed by atoms with Crippen LogP contribution in [0, 0.1) is 0 Å². The molecule has 0 rings (SSSR count). The van der Waals surface area contributed by atoms with Crippen LogP contribution in [0.25, 0.3) is 0 Å². The third kappa shape index (κ3) is 5.73. The van der Waals surface area contributed by atoms with Gasteiger partial charge in [-0.1, -0.05) is 25.8 Å². The van der Waals surface area contributed by atoms with Gasteiger partial charge in [0.1, 0.15) is 0 Å². The van der Waals surface area contributed by atoms with Crippen molar-refractivity contribution in [2.45, 2.75) is 59.4 Å². The molecule has 0 aliphatic carbocycles. The van der Waals surface area contributed by atoms with Gasteiger partial charge in [0.05, 0.1) is 0 Å². The van der Waals surface area contributed by atoms with Crippen LogP contribution in [0.2, 0.25) is 0 Å². The number of allylic oxidation sites excluding steroid dienone is 1. The topological polar surface area (TPSA) is 3.24 Å². The number of unbranched alkanes of at least 4 members (excludes halogenated alkanes) is 1. The minimum Gasteiger partial charge on any atom is -0.378 e. The number of hydrogen-bond acceptors (Lipinski definition) is 1. The summed E-state index contributed by atoms with van der Waals surface area (Å²) in [7, 11) is 2.17. The lowest BCUT2D eigenvalue weighted by Crippen LogP contribution is -2.23. The van der Waals surface area contributed by atoms with Gasteiger partial charge < -0.3 is 4.90 Å². The smallest absolute Gasteiger partial charge is 0.0250 e. The summed E-state index contributed by atoms with van der Waals surface area (Å²) in [6.45, 7) is 8.97. The molecule has 0 aromatic carbocycles. The van der Waals surface area contributed by atoms with Crippen LogP contribution < -0.4 is 0 Å². The second-order valence-corrected chi connectivity index (χ2v) is 4.00. The second-order valence-electron chi connectivity index (χ2n) is 4.00. The molecule has 0 heterocycles. The molecule has 0 aromatic rings. The molecule has 0 N–H and O–H groups in total. The lowest BCUT2D eigenvalue weighted by Gasteiger charge is -2.22. The Morgan fingerprint density at radius 2 is 2.00 bits per heavy atom. The molecule has 0 aromatic heterocycles. The van der Waals surface area contributed by atoms with Crippen molar-refractivity contribution in [2.75, 3.05) is 7.05 Å². The Bertz CT molecular complexity index is 149. The molecular weight excluding hydrogens is 158 g/mol. The molecule has 1 unspecified atom stereocenters. The quantitative estimate of drug-likeness (QED) is 0.605. The predicted molar refractivity (Wildman–Crippen MR) is 60.8 cm³/mol. The molecule has 0 fully saturated rings. The molecular formula is C12H25N. The average molecular weight is 183 g/mol. The van der Waals surface area contributed by atoms with Crippen molar-refractivity contribution in [3.8, 4) is 0 Å². The van der Waals surface area contributed by atoms with Gasteiger partial charge in [-0.2, -0.15) is 0 Å². The van der Waals surface area contributed by atoms with E-state index in [1.165, 1.54) is 31.3 Å². The van der Waals surface area contributed by atoms with E-state index in [4.69, 9.17) is 0 Å². The van der Waals surface area contributed by atoms with Crippen molar-refractivity contribution in [2.24, 2.45) is 0 Å². The zero-order valence-electron chi connectivity index (χ0n) is 9.93. The Morgan fingerprint density at radius 3 is 2.46 bits per heavy atom. The van der Waals surface area contributed by atoms with E-state index in [2.05, 4.69) is 45.8 Å². The van der Waals surface area contributed by atoms with Crippen LogP contribution in [0.5, 0.6) is 0 Å². The first-order valence-corrected chi connectivity index (χ1v) is 5.51. The Labute approximate surface area is 83.8 Å². The average Bonchev–Trinajstić information content (AvgIpc) is 2.13. The summed E-state index contributed by atoms with van der Waals surface area (Å²) >= 11 is 0. The van der Waals surface area contributed by atoms with E-state index < -0.39 is 0 Å². The molecule has 13 heavy (non-hydrogen) atoms. The Morgan fingerprint density at radius 1 is 1.38 bits per heavy atom. The monoisotopic (exact) mass is 183 g/mol. The molecule has 1 heteroatoms. The predicted octanol–water partition coefficient (Wildman–Crippen LogP) is 3.81. The molecule has 0 spiro atoms. The molecule has 0 bridgehead atoms. The largest absolute Gasteiger partial charge is 0.378 e. The van der Waals surface area contributed by atoms with Crippen LogP contribution in [0.1, 0.15) is 53.4 Å². The molecule has 0 saturated heterocycles. The SMILES string of the molecule is CCCCC(C)=CN(C)C(C)CC. The first kappa shape index (κ1) is 12.5. The molecule has 0 radical (unpaired) electrons. The molecule has 0 aliphatic rings. The highest BCUT2D eigenvalue weighted by molar-refractivity contribution is 4.97. The van der Waals surface area contributed by atoms with Gasteiger partial charge in [-0.3, -0.25) is 0 Å². The Hall–Kier alpha value is -0.460. The lowest BCUT2D eigenvalue weighted by atomic mass is 10.1. The molecule has 0 amide bonds.